The zero-order valence-corrected chi connectivity index (χ0v) is 16.6. The fraction of sp³-hybridized carbons (Fsp3) is 0.240. The number of likely N-dealkylation sites (tertiary alicyclic amines) is 1. The van der Waals surface area contributed by atoms with E-state index in [0.717, 1.165) is 29.8 Å². The van der Waals surface area contributed by atoms with E-state index < -0.39 is 11.9 Å². The standard InChI is InChI=1S/C25H24FNO3/c26-21-13-11-18(12-14-21)24(27-15-5-7-20(17-27)25(28)29)19-6-4-10-23(16-19)30-22-8-2-1-3-9-22/h1-4,6,8-14,16,20,24H,5,7,15,17H2,(H,28,29). The first-order valence-electron chi connectivity index (χ1n) is 10.2. The van der Waals surface area contributed by atoms with Crippen molar-refractivity contribution in [1.82, 2.24) is 4.90 Å². The highest BCUT2D eigenvalue weighted by Crippen LogP contribution is 2.35. The molecule has 1 aliphatic rings. The third-order valence-electron chi connectivity index (χ3n) is 5.51. The number of halogens is 1. The Balaban J connectivity index is 1.68. The number of piperidine rings is 1. The number of hydrogen-bond acceptors (Lipinski definition) is 3. The molecule has 5 heteroatoms. The van der Waals surface area contributed by atoms with Crippen molar-refractivity contribution in [2.75, 3.05) is 13.1 Å². The predicted octanol–water partition coefficient (Wildman–Crippen LogP) is 5.50. The molecule has 1 heterocycles. The lowest BCUT2D eigenvalue weighted by atomic mass is 9.91. The second-order valence-electron chi connectivity index (χ2n) is 7.61. The molecule has 3 aromatic carbocycles. The minimum atomic E-state index is -0.765. The van der Waals surface area contributed by atoms with Crippen molar-refractivity contribution in [3.8, 4) is 11.5 Å². The van der Waals surface area contributed by atoms with Gasteiger partial charge in [-0.1, -0.05) is 42.5 Å². The number of para-hydroxylation sites is 1. The van der Waals surface area contributed by atoms with E-state index in [1.807, 2.05) is 54.6 Å². The van der Waals surface area contributed by atoms with Gasteiger partial charge in [0.25, 0.3) is 0 Å². The van der Waals surface area contributed by atoms with Gasteiger partial charge >= 0.3 is 5.97 Å². The lowest BCUT2D eigenvalue weighted by Gasteiger charge is -2.37. The summed E-state index contributed by atoms with van der Waals surface area (Å²) in [6.07, 6.45) is 1.49. The monoisotopic (exact) mass is 405 g/mol. The smallest absolute Gasteiger partial charge is 0.307 e. The molecule has 4 nitrogen and oxygen atoms in total. The van der Waals surface area contributed by atoms with E-state index in [0.29, 0.717) is 18.7 Å². The molecule has 3 aromatic rings. The first-order chi connectivity index (χ1) is 14.6. The number of hydrogen-bond donors (Lipinski definition) is 1. The fourth-order valence-electron chi connectivity index (χ4n) is 4.07. The molecule has 1 saturated heterocycles. The number of rotatable bonds is 6. The summed E-state index contributed by atoms with van der Waals surface area (Å²) in [5, 5.41) is 9.53. The van der Waals surface area contributed by atoms with Crippen molar-refractivity contribution in [3.63, 3.8) is 0 Å². The van der Waals surface area contributed by atoms with Crippen molar-refractivity contribution in [2.45, 2.75) is 18.9 Å². The van der Waals surface area contributed by atoms with Crippen LogP contribution < -0.4 is 4.74 Å². The molecule has 0 saturated carbocycles. The first-order valence-corrected chi connectivity index (χ1v) is 10.2. The van der Waals surface area contributed by atoms with Gasteiger partial charge in [-0.2, -0.15) is 0 Å². The Kier molecular flexibility index (Phi) is 6.10. The minimum Gasteiger partial charge on any atom is -0.481 e. The Morgan fingerprint density at radius 3 is 2.43 bits per heavy atom. The lowest BCUT2D eigenvalue weighted by Crippen LogP contribution is -2.41. The fourth-order valence-corrected chi connectivity index (χ4v) is 4.07. The van der Waals surface area contributed by atoms with Gasteiger partial charge in [-0.25, -0.2) is 4.39 Å². The number of benzene rings is 3. The summed E-state index contributed by atoms with van der Waals surface area (Å²) in [5.74, 6) is -0.000567. The van der Waals surface area contributed by atoms with Crippen LogP contribution in [-0.2, 0) is 4.79 Å². The first kappa shape index (κ1) is 20.1. The largest absolute Gasteiger partial charge is 0.481 e. The van der Waals surface area contributed by atoms with Crippen LogP contribution in [0.25, 0.3) is 0 Å². The van der Waals surface area contributed by atoms with Crippen LogP contribution in [0.2, 0.25) is 0 Å². The summed E-state index contributed by atoms with van der Waals surface area (Å²) in [4.78, 5) is 13.8. The third-order valence-corrected chi connectivity index (χ3v) is 5.51. The van der Waals surface area contributed by atoms with E-state index >= 15 is 0 Å². The van der Waals surface area contributed by atoms with Gasteiger partial charge in [0, 0.05) is 6.54 Å². The van der Waals surface area contributed by atoms with E-state index in [9.17, 15) is 14.3 Å². The van der Waals surface area contributed by atoms with Crippen LogP contribution in [0.1, 0.15) is 30.0 Å². The molecule has 2 atom stereocenters. The molecule has 30 heavy (non-hydrogen) atoms. The average molecular weight is 405 g/mol. The van der Waals surface area contributed by atoms with Crippen LogP contribution in [-0.4, -0.2) is 29.1 Å². The molecule has 0 bridgehead atoms. The highest BCUT2D eigenvalue weighted by molar-refractivity contribution is 5.70. The molecule has 0 amide bonds. The van der Waals surface area contributed by atoms with Crippen LogP contribution in [0.4, 0.5) is 4.39 Å². The van der Waals surface area contributed by atoms with Crippen LogP contribution in [0.5, 0.6) is 11.5 Å². The SMILES string of the molecule is O=C(O)C1CCCN(C(c2ccc(F)cc2)c2cccc(Oc3ccccc3)c2)C1. The lowest BCUT2D eigenvalue weighted by molar-refractivity contribution is -0.143. The summed E-state index contributed by atoms with van der Waals surface area (Å²) < 4.78 is 19.6. The topological polar surface area (TPSA) is 49.8 Å². The molecule has 1 aliphatic heterocycles. The number of carbonyl (C=O) groups is 1. The second kappa shape index (κ2) is 9.09. The van der Waals surface area contributed by atoms with Crippen LogP contribution >= 0.6 is 0 Å². The van der Waals surface area contributed by atoms with Crippen LogP contribution in [0.3, 0.4) is 0 Å². The van der Waals surface area contributed by atoms with Crippen LogP contribution in [0, 0.1) is 11.7 Å². The van der Waals surface area contributed by atoms with Gasteiger partial charge < -0.3 is 9.84 Å². The maximum atomic E-state index is 13.6. The Morgan fingerprint density at radius 1 is 0.967 bits per heavy atom. The quantitative estimate of drug-likeness (QED) is 0.588. The van der Waals surface area contributed by atoms with Gasteiger partial charge in [-0.05, 0) is 66.9 Å². The number of carboxylic acid groups (broad SMARTS) is 1. The summed E-state index contributed by atoms with van der Waals surface area (Å²) >= 11 is 0. The predicted molar refractivity (Wildman–Crippen MR) is 113 cm³/mol. The number of aliphatic carboxylic acids is 1. The van der Waals surface area contributed by atoms with Crippen LogP contribution in [0.15, 0.2) is 78.9 Å². The van der Waals surface area contributed by atoms with Crippen molar-refractivity contribution >= 4 is 5.97 Å². The van der Waals surface area contributed by atoms with Gasteiger partial charge in [-0.15, -0.1) is 0 Å². The molecule has 0 aromatic heterocycles. The molecule has 0 radical (unpaired) electrons. The number of nitrogens with zero attached hydrogens (tertiary/aromatic N) is 1. The van der Waals surface area contributed by atoms with Crippen molar-refractivity contribution in [2.24, 2.45) is 5.92 Å². The minimum absolute atomic E-state index is 0.174. The molecule has 1 N–H and O–H groups in total. The van der Waals surface area contributed by atoms with Crippen molar-refractivity contribution in [3.05, 3.63) is 95.8 Å². The zero-order chi connectivity index (χ0) is 20.9. The highest BCUT2D eigenvalue weighted by atomic mass is 19.1. The van der Waals surface area contributed by atoms with Gasteiger partial charge in [0.05, 0.1) is 12.0 Å². The maximum absolute atomic E-state index is 13.6. The van der Waals surface area contributed by atoms with E-state index in [1.54, 1.807) is 12.1 Å². The van der Waals surface area contributed by atoms with Gasteiger partial charge in [0.2, 0.25) is 0 Å². The van der Waals surface area contributed by atoms with E-state index in [1.165, 1.54) is 12.1 Å². The van der Waals surface area contributed by atoms with E-state index in [-0.39, 0.29) is 11.9 Å². The summed E-state index contributed by atoms with van der Waals surface area (Å²) in [5.41, 5.74) is 1.92. The molecule has 154 valence electrons. The molecule has 2 unspecified atom stereocenters. The summed E-state index contributed by atoms with van der Waals surface area (Å²) in [6.45, 7) is 1.25. The number of ether oxygens (including phenoxy) is 1. The second-order valence-corrected chi connectivity index (χ2v) is 7.61. The normalized spacial score (nSPS) is 18.0. The van der Waals surface area contributed by atoms with E-state index in [2.05, 4.69) is 4.90 Å². The average Bonchev–Trinajstić information content (AvgIpc) is 2.77. The Hall–Kier alpha value is -3.18. The number of carboxylic acids is 1. The Bertz CT molecular complexity index is 991. The molecule has 1 fully saturated rings. The van der Waals surface area contributed by atoms with Crippen molar-refractivity contribution in [1.29, 1.82) is 0 Å². The Labute approximate surface area is 175 Å². The van der Waals surface area contributed by atoms with Gasteiger partial charge in [-0.3, -0.25) is 9.69 Å². The molecule has 0 spiro atoms. The van der Waals surface area contributed by atoms with E-state index in [4.69, 9.17) is 4.74 Å². The highest BCUT2D eigenvalue weighted by Gasteiger charge is 2.31. The molecular weight excluding hydrogens is 381 g/mol. The van der Waals surface area contributed by atoms with Crippen molar-refractivity contribution < 1.29 is 19.0 Å². The summed E-state index contributed by atoms with van der Waals surface area (Å²) in [6, 6.07) is 23.6. The molecule has 0 aliphatic carbocycles. The third kappa shape index (κ3) is 4.69. The molecule has 4 rings (SSSR count). The molecular formula is C25H24FNO3. The van der Waals surface area contributed by atoms with Gasteiger partial charge in [0.15, 0.2) is 0 Å². The maximum Gasteiger partial charge on any atom is 0.307 e. The summed E-state index contributed by atoms with van der Waals surface area (Å²) in [7, 11) is 0. The van der Waals surface area contributed by atoms with Gasteiger partial charge in [0.1, 0.15) is 17.3 Å². The zero-order valence-electron chi connectivity index (χ0n) is 16.6. The Morgan fingerprint density at radius 2 is 1.70 bits per heavy atom.